The summed E-state index contributed by atoms with van der Waals surface area (Å²) in [5, 5.41) is 0.275. The third-order valence-electron chi connectivity index (χ3n) is 13.8. The summed E-state index contributed by atoms with van der Waals surface area (Å²) in [4.78, 5) is 2.84. The lowest BCUT2D eigenvalue weighted by Gasteiger charge is -2.35. The van der Waals surface area contributed by atoms with Crippen LogP contribution in [0.4, 0.5) is 0 Å². The molecule has 0 amide bonds. The van der Waals surface area contributed by atoms with Crippen LogP contribution in [0.3, 0.4) is 0 Å². The zero-order valence-corrected chi connectivity index (χ0v) is 32.6. The molecular formula is C49H58N2S. The number of benzene rings is 1. The van der Waals surface area contributed by atoms with Gasteiger partial charge >= 0.3 is 0 Å². The predicted octanol–water partition coefficient (Wildman–Crippen LogP) is 12.3. The number of aromatic nitrogens is 1. The highest BCUT2D eigenvalue weighted by Crippen LogP contribution is 2.51. The fraction of sp³-hybridized carbons (Fsp3) is 0.469. The van der Waals surface area contributed by atoms with Crippen molar-refractivity contribution < 1.29 is 0 Å². The van der Waals surface area contributed by atoms with Gasteiger partial charge < -0.3 is 4.57 Å². The van der Waals surface area contributed by atoms with Gasteiger partial charge in [0.15, 0.2) is 0 Å². The van der Waals surface area contributed by atoms with E-state index in [2.05, 4.69) is 127 Å². The Kier molecular flexibility index (Phi) is 9.63. The summed E-state index contributed by atoms with van der Waals surface area (Å²) >= 11 is 5.54. The van der Waals surface area contributed by atoms with Gasteiger partial charge in [-0.05, 0) is 139 Å². The van der Waals surface area contributed by atoms with Gasteiger partial charge in [-0.25, -0.2) is 0 Å². The lowest BCUT2D eigenvalue weighted by Crippen LogP contribution is -2.24. The normalized spacial score (nSPS) is 33.5. The van der Waals surface area contributed by atoms with Crippen LogP contribution in [0.1, 0.15) is 117 Å². The Balaban J connectivity index is 0.945. The van der Waals surface area contributed by atoms with Crippen molar-refractivity contribution in [3.8, 4) is 0 Å². The Labute approximate surface area is 318 Å². The fourth-order valence-electron chi connectivity index (χ4n) is 11.0. The number of rotatable bonds is 8. The Bertz CT molecular complexity index is 1940. The average molecular weight is 707 g/mol. The molecule has 1 aromatic heterocycles. The molecular weight excluding hydrogens is 649 g/mol. The van der Waals surface area contributed by atoms with Crippen molar-refractivity contribution in [1.82, 2.24) is 9.47 Å². The quantitative estimate of drug-likeness (QED) is 0.163. The predicted molar refractivity (Wildman–Crippen MR) is 224 cm³/mol. The Morgan fingerprint density at radius 1 is 0.846 bits per heavy atom. The minimum atomic E-state index is 0.275. The Morgan fingerprint density at radius 3 is 2.54 bits per heavy atom. The average Bonchev–Trinajstić information content (AvgIpc) is 3.80. The molecule has 52 heavy (non-hydrogen) atoms. The molecule has 1 saturated heterocycles. The SMILES string of the molecule is CCC1C(C2C=C(c3ccc(C4=CC=CC(C)C4)cc3)C=CC2)[N@@]1Cn1c2c(c3c1CCC(C1=CC(C4CCC=CC4C)=CCC1)C3S)C=CCC2. The fourth-order valence-corrected chi connectivity index (χ4v) is 11.6. The van der Waals surface area contributed by atoms with Crippen LogP contribution in [0.25, 0.3) is 17.2 Å². The van der Waals surface area contributed by atoms with Crippen LogP contribution in [0, 0.1) is 29.6 Å². The third-order valence-corrected chi connectivity index (χ3v) is 14.4. The molecule has 1 aromatic carbocycles. The van der Waals surface area contributed by atoms with Crippen molar-refractivity contribution in [3.05, 3.63) is 136 Å². The lowest BCUT2D eigenvalue weighted by molar-refractivity contribution is 0.344. The van der Waals surface area contributed by atoms with Gasteiger partial charge in [0.05, 0.1) is 6.67 Å². The maximum atomic E-state index is 5.54. The summed E-state index contributed by atoms with van der Waals surface area (Å²) in [5.74, 6) is 3.03. The van der Waals surface area contributed by atoms with Crippen molar-refractivity contribution in [2.24, 2.45) is 29.6 Å². The number of hydrogen-bond donors (Lipinski definition) is 1. The molecule has 3 heteroatoms. The van der Waals surface area contributed by atoms with Crippen molar-refractivity contribution >= 4 is 29.9 Å². The second kappa shape index (κ2) is 14.5. The number of allylic oxidation sites excluding steroid dienone is 14. The smallest absolute Gasteiger partial charge is 0.0756 e. The van der Waals surface area contributed by atoms with Crippen LogP contribution in [0.5, 0.6) is 0 Å². The van der Waals surface area contributed by atoms with E-state index in [9.17, 15) is 0 Å². The van der Waals surface area contributed by atoms with E-state index >= 15 is 0 Å². The zero-order valence-electron chi connectivity index (χ0n) is 31.7. The van der Waals surface area contributed by atoms with E-state index < -0.39 is 0 Å². The summed E-state index contributed by atoms with van der Waals surface area (Å²) in [5.41, 5.74) is 15.1. The van der Waals surface area contributed by atoms with E-state index in [4.69, 9.17) is 12.6 Å². The number of nitrogens with zero attached hydrogens (tertiary/aromatic N) is 2. The molecule has 0 N–H and O–H groups in total. The summed E-state index contributed by atoms with van der Waals surface area (Å²) < 4.78 is 2.78. The van der Waals surface area contributed by atoms with Crippen LogP contribution >= 0.6 is 12.6 Å². The van der Waals surface area contributed by atoms with E-state index in [1.165, 1.54) is 72.8 Å². The number of thiol groups is 1. The van der Waals surface area contributed by atoms with Crippen molar-refractivity contribution in [2.75, 3.05) is 0 Å². The molecule has 0 saturated carbocycles. The van der Waals surface area contributed by atoms with Gasteiger partial charge in [-0.1, -0.05) is 124 Å². The molecule has 0 radical (unpaired) electrons. The molecule has 9 rings (SSSR count). The largest absolute Gasteiger partial charge is 0.334 e. The second-order valence-electron chi connectivity index (χ2n) is 17.0. The van der Waals surface area contributed by atoms with E-state index in [-0.39, 0.29) is 5.25 Å². The van der Waals surface area contributed by atoms with Crippen molar-refractivity contribution in [3.63, 3.8) is 0 Å². The standard InChI is InChI=1S/C49H58N2S/c1-4-44-48(40-18-10-15-37(29-40)35-24-22-34(23-25-35)36-14-9-12-32(2)28-36)51(44)31-50-45-21-8-7-20-43(45)47-46(50)27-26-42(49(47)52)39-17-11-16-38(30-39)41-19-6-5-13-33(41)3/h5,7,9-10,12-16,20,22-25,29-30,32-33,40-42,44,48-49,52H,4,6,8,11,17-19,21,26-28,31H2,1-3H3/t32?,33?,40?,41?,42?,44?,48?,49?,51-/m0/s1. The van der Waals surface area contributed by atoms with Gasteiger partial charge in [0.25, 0.3) is 0 Å². The van der Waals surface area contributed by atoms with Crippen LogP contribution in [0.2, 0.25) is 0 Å². The van der Waals surface area contributed by atoms with Crippen LogP contribution in [-0.4, -0.2) is 21.6 Å². The first-order valence-electron chi connectivity index (χ1n) is 20.8. The summed E-state index contributed by atoms with van der Waals surface area (Å²) in [6.45, 7) is 8.15. The molecule has 1 aliphatic heterocycles. The Hall–Kier alpha value is -3.27. The molecule has 7 aliphatic rings. The molecule has 1 fully saturated rings. The molecule has 270 valence electrons. The van der Waals surface area contributed by atoms with Gasteiger partial charge in [0.2, 0.25) is 0 Å². The number of hydrogen-bond acceptors (Lipinski definition) is 2. The monoisotopic (exact) mass is 706 g/mol. The highest BCUT2D eigenvalue weighted by Gasteiger charge is 2.50. The van der Waals surface area contributed by atoms with E-state index in [1.54, 1.807) is 28.1 Å². The van der Waals surface area contributed by atoms with E-state index in [0.29, 0.717) is 41.7 Å². The van der Waals surface area contributed by atoms with E-state index in [0.717, 1.165) is 32.4 Å². The van der Waals surface area contributed by atoms with Crippen LogP contribution < -0.4 is 0 Å². The first kappa shape index (κ1) is 34.5. The third kappa shape index (κ3) is 6.38. The van der Waals surface area contributed by atoms with Crippen molar-refractivity contribution in [1.29, 1.82) is 0 Å². The molecule has 2 nitrogen and oxygen atoms in total. The molecule has 8 unspecified atom stereocenters. The van der Waals surface area contributed by atoms with Crippen LogP contribution in [-0.2, 0) is 19.5 Å². The topological polar surface area (TPSA) is 7.94 Å². The van der Waals surface area contributed by atoms with Gasteiger partial charge in [0, 0.05) is 28.7 Å². The number of fused-ring (bicyclic) bond motifs is 3. The van der Waals surface area contributed by atoms with Gasteiger partial charge in [0.1, 0.15) is 0 Å². The van der Waals surface area contributed by atoms with Gasteiger partial charge in [-0.15, -0.1) is 0 Å². The summed E-state index contributed by atoms with van der Waals surface area (Å²) in [6, 6.07) is 10.6. The molecule has 6 aliphatic carbocycles. The minimum Gasteiger partial charge on any atom is -0.334 e. The summed E-state index contributed by atoms with van der Waals surface area (Å²) in [7, 11) is 0. The molecule has 0 bridgehead atoms. The molecule has 0 spiro atoms. The van der Waals surface area contributed by atoms with Gasteiger partial charge in [-0.3, -0.25) is 4.90 Å². The highest BCUT2D eigenvalue weighted by molar-refractivity contribution is 7.80. The maximum Gasteiger partial charge on any atom is 0.0756 e. The Morgan fingerprint density at radius 2 is 1.71 bits per heavy atom. The van der Waals surface area contributed by atoms with E-state index in [1.807, 2.05) is 0 Å². The van der Waals surface area contributed by atoms with Crippen LogP contribution in [0.15, 0.2) is 102 Å². The maximum absolute atomic E-state index is 5.54. The molecule has 2 heterocycles. The first-order chi connectivity index (χ1) is 25.5. The van der Waals surface area contributed by atoms with Gasteiger partial charge in [-0.2, -0.15) is 12.6 Å². The molecule has 9 atom stereocenters. The zero-order chi connectivity index (χ0) is 35.3. The lowest BCUT2D eigenvalue weighted by atomic mass is 9.73. The highest BCUT2D eigenvalue weighted by atomic mass is 32.1. The first-order valence-corrected chi connectivity index (χ1v) is 21.3. The van der Waals surface area contributed by atoms with Crippen molar-refractivity contribution in [2.45, 2.75) is 115 Å². The summed E-state index contributed by atoms with van der Waals surface area (Å²) in [6.07, 6.45) is 42.2. The molecule has 2 aromatic rings. The minimum absolute atomic E-state index is 0.275. The second-order valence-corrected chi connectivity index (χ2v) is 17.6.